The number of aromatic nitrogens is 4. The van der Waals surface area contributed by atoms with Gasteiger partial charge < -0.3 is 29.5 Å². The largest absolute Gasteiger partial charge is 0.451 e. The van der Waals surface area contributed by atoms with Crippen LogP contribution in [0.3, 0.4) is 0 Å². The topological polar surface area (TPSA) is 106 Å². The van der Waals surface area contributed by atoms with Crippen molar-refractivity contribution in [3.8, 4) is 11.4 Å². The summed E-state index contributed by atoms with van der Waals surface area (Å²) in [6.07, 6.45) is 3.01. The summed E-state index contributed by atoms with van der Waals surface area (Å²) >= 11 is 0. The van der Waals surface area contributed by atoms with Crippen LogP contribution in [-0.2, 0) is 0 Å². The van der Waals surface area contributed by atoms with Crippen LogP contribution in [0.5, 0.6) is 0 Å². The van der Waals surface area contributed by atoms with E-state index in [2.05, 4.69) is 49.2 Å². The Morgan fingerprint density at radius 2 is 1.89 bits per heavy atom. The first-order chi connectivity index (χ1) is 17.1. The van der Waals surface area contributed by atoms with Crippen LogP contribution in [0.1, 0.15) is 18.7 Å². The quantitative estimate of drug-likeness (QED) is 0.357. The third kappa shape index (κ3) is 3.93. The first-order valence-corrected chi connectivity index (χ1v) is 11.8. The van der Waals surface area contributed by atoms with E-state index >= 15 is 0 Å². The summed E-state index contributed by atoms with van der Waals surface area (Å²) in [5.41, 5.74) is 5.35. The van der Waals surface area contributed by atoms with E-state index in [4.69, 9.17) is 9.40 Å². The van der Waals surface area contributed by atoms with Crippen molar-refractivity contribution in [3.63, 3.8) is 0 Å². The second-order valence-corrected chi connectivity index (χ2v) is 9.11. The molecule has 0 amide bonds. The van der Waals surface area contributed by atoms with Gasteiger partial charge in [-0.25, -0.2) is 9.97 Å². The van der Waals surface area contributed by atoms with Gasteiger partial charge >= 0.3 is 0 Å². The van der Waals surface area contributed by atoms with E-state index in [9.17, 15) is 4.79 Å². The van der Waals surface area contributed by atoms with Gasteiger partial charge in [0.2, 0.25) is 0 Å². The number of likely N-dealkylation sites (N-methyl/N-ethyl adjacent to an activating group) is 1. The minimum atomic E-state index is -0.211. The smallest absolute Gasteiger partial charge is 0.261 e. The standard InChI is InChI=1S/C26H27N7O2/c1-16(22-14-35-15-27-22)28-24-18-5-3-4-6-19(18)31-26(34)23(24)25-29-20-8-7-17(13-21(20)30-25)33-11-9-32(2)10-12-33/h3-8,13-16H,9-12H2,1-2H3,(H,29,30)(H2,28,31,34). The van der Waals surface area contributed by atoms with Gasteiger partial charge in [0.15, 0.2) is 6.39 Å². The van der Waals surface area contributed by atoms with Gasteiger partial charge in [0.1, 0.15) is 23.3 Å². The van der Waals surface area contributed by atoms with Crippen molar-refractivity contribution >= 4 is 33.3 Å². The Labute approximate surface area is 201 Å². The van der Waals surface area contributed by atoms with E-state index < -0.39 is 0 Å². The Morgan fingerprint density at radius 1 is 1.06 bits per heavy atom. The summed E-state index contributed by atoms with van der Waals surface area (Å²) < 4.78 is 5.16. The van der Waals surface area contributed by atoms with Gasteiger partial charge in [0.25, 0.3) is 5.56 Å². The SMILES string of the molecule is CC(Nc1c(-c2nc3ccc(N4CCN(C)CC4)cc3[nH]2)c(=O)[nH]c2ccccc12)c1cocn1. The molecule has 4 heterocycles. The number of piperazine rings is 1. The Bertz CT molecular complexity index is 1550. The Morgan fingerprint density at radius 3 is 2.69 bits per heavy atom. The maximum absolute atomic E-state index is 13.3. The predicted molar refractivity (Wildman–Crippen MR) is 138 cm³/mol. The Hall–Kier alpha value is -4.11. The number of benzene rings is 2. The number of nitrogens with zero attached hydrogens (tertiary/aromatic N) is 4. The van der Waals surface area contributed by atoms with Crippen molar-refractivity contribution in [1.82, 2.24) is 24.8 Å². The molecule has 1 atom stereocenters. The molecule has 35 heavy (non-hydrogen) atoms. The molecule has 1 saturated heterocycles. The summed E-state index contributed by atoms with van der Waals surface area (Å²) in [7, 11) is 2.15. The Kier molecular flexibility index (Phi) is 5.26. The van der Waals surface area contributed by atoms with Crippen LogP contribution < -0.4 is 15.8 Å². The molecule has 0 spiro atoms. The number of oxazole rings is 1. The number of fused-ring (bicyclic) bond motifs is 2. The van der Waals surface area contributed by atoms with E-state index in [-0.39, 0.29) is 11.6 Å². The number of para-hydroxylation sites is 1. The summed E-state index contributed by atoms with van der Waals surface area (Å²) in [5, 5.41) is 4.39. The zero-order chi connectivity index (χ0) is 23.9. The third-order valence-electron chi connectivity index (χ3n) is 6.75. The molecule has 9 heteroatoms. The van der Waals surface area contributed by atoms with Crippen molar-refractivity contribution in [1.29, 1.82) is 0 Å². The molecule has 178 valence electrons. The lowest BCUT2D eigenvalue weighted by molar-refractivity contribution is 0.313. The third-order valence-corrected chi connectivity index (χ3v) is 6.75. The molecular weight excluding hydrogens is 442 g/mol. The van der Waals surface area contributed by atoms with Gasteiger partial charge in [-0.1, -0.05) is 18.2 Å². The zero-order valence-corrected chi connectivity index (χ0v) is 19.7. The molecule has 2 aromatic carbocycles. The van der Waals surface area contributed by atoms with E-state index in [1.54, 1.807) is 6.26 Å². The lowest BCUT2D eigenvalue weighted by Gasteiger charge is -2.34. The van der Waals surface area contributed by atoms with Crippen LogP contribution in [0.2, 0.25) is 0 Å². The number of H-pyrrole nitrogens is 2. The van der Waals surface area contributed by atoms with Crippen LogP contribution in [0, 0.1) is 0 Å². The molecular formula is C26H27N7O2. The fraction of sp³-hybridized carbons (Fsp3) is 0.269. The number of anilines is 2. The molecule has 0 bridgehead atoms. The van der Waals surface area contributed by atoms with Gasteiger partial charge in [0.05, 0.1) is 28.3 Å². The van der Waals surface area contributed by atoms with Gasteiger partial charge in [-0.3, -0.25) is 4.79 Å². The monoisotopic (exact) mass is 469 g/mol. The summed E-state index contributed by atoms with van der Waals surface area (Å²) in [5.74, 6) is 0.525. The van der Waals surface area contributed by atoms with Crippen molar-refractivity contribution in [2.75, 3.05) is 43.4 Å². The number of hydrogen-bond donors (Lipinski definition) is 3. The fourth-order valence-corrected chi connectivity index (χ4v) is 4.72. The molecule has 0 aliphatic carbocycles. The lowest BCUT2D eigenvalue weighted by Crippen LogP contribution is -2.44. The number of pyridine rings is 1. The lowest BCUT2D eigenvalue weighted by atomic mass is 10.1. The predicted octanol–water partition coefficient (Wildman–Crippen LogP) is 3.98. The van der Waals surface area contributed by atoms with Crippen molar-refractivity contribution in [2.45, 2.75) is 13.0 Å². The van der Waals surface area contributed by atoms with Crippen molar-refractivity contribution in [3.05, 3.63) is 71.2 Å². The molecule has 1 aliphatic heterocycles. The number of imidazole rings is 1. The van der Waals surface area contributed by atoms with Crippen molar-refractivity contribution in [2.24, 2.45) is 0 Å². The minimum absolute atomic E-state index is 0.175. The van der Waals surface area contributed by atoms with Crippen LogP contribution in [0.4, 0.5) is 11.4 Å². The molecule has 0 saturated carbocycles. The molecule has 0 radical (unpaired) electrons. The second kappa shape index (κ2) is 8.59. The first-order valence-electron chi connectivity index (χ1n) is 11.8. The minimum Gasteiger partial charge on any atom is -0.451 e. The zero-order valence-electron chi connectivity index (χ0n) is 19.7. The average molecular weight is 470 g/mol. The molecule has 1 aliphatic rings. The van der Waals surface area contributed by atoms with E-state index in [0.29, 0.717) is 17.1 Å². The maximum atomic E-state index is 13.3. The molecule has 3 aromatic heterocycles. The van der Waals surface area contributed by atoms with E-state index in [1.807, 2.05) is 37.3 Å². The Balaban J connectivity index is 1.45. The van der Waals surface area contributed by atoms with Gasteiger partial charge in [-0.15, -0.1) is 0 Å². The van der Waals surface area contributed by atoms with Crippen LogP contribution >= 0.6 is 0 Å². The highest BCUT2D eigenvalue weighted by Crippen LogP contribution is 2.33. The molecule has 6 rings (SSSR count). The van der Waals surface area contributed by atoms with Crippen LogP contribution in [0.25, 0.3) is 33.3 Å². The number of nitrogens with one attached hydrogen (secondary N) is 3. The summed E-state index contributed by atoms with van der Waals surface area (Å²) in [6, 6.07) is 13.8. The van der Waals surface area contributed by atoms with E-state index in [1.165, 1.54) is 6.39 Å². The molecule has 3 N–H and O–H groups in total. The van der Waals surface area contributed by atoms with Gasteiger partial charge in [-0.2, -0.15) is 0 Å². The molecule has 5 aromatic rings. The van der Waals surface area contributed by atoms with Gasteiger partial charge in [0, 0.05) is 37.3 Å². The van der Waals surface area contributed by atoms with Crippen molar-refractivity contribution < 1.29 is 4.42 Å². The van der Waals surface area contributed by atoms with Crippen LogP contribution in [-0.4, -0.2) is 58.1 Å². The molecule has 1 unspecified atom stereocenters. The molecule has 9 nitrogen and oxygen atoms in total. The highest BCUT2D eigenvalue weighted by atomic mass is 16.3. The van der Waals surface area contributed by atoms with E-state index in [0.717, 1.165) is 59.5 Å². The maximum Gasteiger partial charge on any atom is 0.261 e. The highest BCUT2D eigenvalue weighted by molar-refractivity contribution is 5.99. The summed E-state index contributed by atoms with van der Waals surface area (Å²) in [6.45, 7) is 6.04. The number of aromatic amines is 2. The fourth-order valence-electron chi connectivity index (χ4n) is 4.72. The van der Waals surface area contributed by atoms with Crippen LogP contribution in [0.15, 0.2) is 64.3 Å². The average Bonchev–Trinajstić information content (AvgIpc) is 3.54. The second-order valence-electron chi connectivity index (χ2n) is 9.11. The molecule has 1 fully saturated rings. The highest BCUT2D eigenvalue weighted by Gasteiger charge is 2.21. The van der Waals surface area contributed by atoms with Gasteiger partial charge in [-0.05, 0) is 38.2 Å². The summed E-state index contributed by atoms with van der Waals surface area (Å²) in [4.78, 5) is 33.6. The number of hydrogen-bond acceptors (Lipinski definition) is 7. The number of rotatable bonds is 5. The first kappa shape index (κ1) is 21.4. The normalized spacial score (nSPS) is 15.7.